The summed E-state index contributed by atoms with van der Waals surface area (Å²) in [5.74, 6) is -7.48. The van der Waals surface area contributed by atoms with Gasteiger partial charge in [0.1, 0.15) is 18.1 Å². The maximum absolute atomic E-state index is 12.8. The van der Waals surface area contributed by atoms with Gasteiger partial charge in [-0.1, -0.05) is 30.3 Å². The first-order chi connectivity index (χ1) is 16.8. The zero-order valence-electron chi connectivity index (χ0n) is 19.1. The molecule has 0 aliphatic heterocycles. The summed E-state index contributed by atoms with van der Waals surface area (Å²) in [6, 6.07) is 2.21. The lowest BCUT2D eigenvalue weighted by Gasteiger charge is -2.24. The zero-order chi connectivity index (χ0) is 27.4. The molecule has 4 atom stereocenters. The molecule has 0 saturated carbocycles. The molecular weight excluding hydrogens is 478 g/mol. The van der Waals surface area contributed by atoms with Crippen molar-refractivity contribution in [3.05, 3.63) is 35.9 Å². The van der Waals surface area contributed by atoms with Crippen molar-refractivity contribution in [2.45, 2.75) is 49.9 Å². The Morgan fingerprint density at radius 3 is 1.50 bits per heavy atom. The van der Waals surface area contributed by atoms with Gasteiger partial charge >= 0.3 is 5.97 Å². The van der Waals surface area contributed by atoms with E-state index in [0.717, 1.165) is 0 Å². The molecule has 196 valence electrons. The van der Waals surface area contributed by atoms with Crippen molar-refractivity contribution in [1.29, 1.82) is 0 Å². The molecule has 0 bridgehead atoms. The van der Waals surface area contributed by atoms with Crippen LogP contribution in [0.15, 0.2) is 30.3 Å². The van der Waals surface area contributed by atoms with Crippen LogP contribution < -0.4 is 38.9 Å². The second-order valence-corrected chi connectivity index (χ2v) is 7.83. The Labute approximate surface area is 205 Å². The summed E-state index contributed by atoms with van der Waals surface area (Å²) in [5, 5.41) is 16.0. The normalized spacial score (nSPS) is 13.8. The van der Waals surface area contributed by atoms with Crippen molar-refractivity contribution in [2.24, 2.45) is 22.9 Å². The van der Waals surface area contributed by atoms with Crippen molar-refractivity contribution in [3.63, 3.8) is 0 Å². The highest BCUT2D eigenvalue weighted by Crippen LogP contribution is 2.05. The molecule has 1 aromatic rings. The largest absolute Gasteiger partial charge is 0.480 e. The third-order valence-electron chi connectivity index (χ3n) is 4.73. The molecule has 0 fully saturated rings. The number of nitrogens with one attached hydrogen (secondary N) is 3. The lowest BCUT2D eigenvalue weighted by atomic mass is 10.0. The molecule has 36 heavy (non-hydrogen) atoms. The van der Waals surface area contributed by atoms with Crippen LogP contribution in [0.2, 0.25) is 0 Å². The number of hydrogen-bond donors (Lipinski definition) is 8. The van der Waals surface area contributed by atoms with E-state index < -0.39 is 84.8 Å². The molecule has 0 heterocycles. The van der Waals surface area contributed by atoms with E-state index in [0.29, 0.717) is 5.56 Å². The lowest BCUT2D eigenvalue weighted by molar-refractivity contribution is -0.142. The molecule has 6 amide bonds. The molecule has 0 aromatic heterocycles. The lowest BCUT2D eigenvalue weighted by Crippen LogP contribution is -2.58. The van der Waals surface area contributed by atoms with E-state index in [1.165, 1.54) is 0 Å². The Hall–Kier alpha value is -4.53. The average Bonchev–Trinajstić information content (AvgIpc) is 2.77. The zero-order valence-corrected chi connectivity index (χ0v) is 19.1. The number of carbonyl (C=O) groups excluding carboxylic acids is 6. The molecule has 0 aliphatic rings. The van der Waals surface area contributed by atoms with Crippen molar-refractivity contribution in [3.8, 4) is 0 Å². The Bertz CT molecular complexity index is 1000. The summed E-state index contributed by atoms with van der Waals surface area (Å²) in [5.41, 5.74) is 21.4. The van der Waals surface area contributed by atoms with Crippen LogP contribution in [0.1, 0.15) is 24.8 Å². The maximum Gasteiger partial charge on any atom is 0.326 e. The Morgan fingerprint density at radius 2 is 1.08 bits per heavy atom. The van der Waals surface area contributed by atoms with Crippen LogP contribution in [-0.2, 0) is 40.0 Å². The van der Waals surface area contributed by atoms with Gasteiger partial charge in [-0.15, -0.1) is 0 Å². The SMILES string of the molecule is NC(=O)CC(N)C(=O)NC(CC(N)=O)C(=O)NC(CC(N)=O)C(=O)NC(Cc1ccccc1)C(=O)O. The number of primary amides is 3. The van der Waals surface area contributed by atoms with Gasteiger partial charge in [-0.2, -0.15) is 0 Å². The highest BCUT2D eigenvalue weighted by Gasteiger charge is 2.32. The summed E-state index contributed by atoms with van der Waals surface area (Å²) < 4.78 is 0. The number of rotatable bonds is 15. The fourth-order valence-electron chi connectivity index (χ4n) is 3.00. The Morgan fingerprint density at radius 1 is 0.667 bits per heavy atom. The number of carboxylic acids is 1. The second kappa shape index (κ2) is 14.0. The van der Waals surface area contributed by atoms with Crippen molar-refractivity contribution >= 4 is 41.4 Å². The number of aliphatic carboxylic acids is 1. The van der Waals surface area contributed by atoms with Gasteiger partial charge in [0.25, 0.3) is 0 Å². The number of benzene rings is 1. The molecular formula is C21H29N7O8. The molecule has 12 N–H and O–H groups in total. The van der Waals surface area contributed by atoms with Gasteiger partial charge in [0.2, 0.25) is 35.4 Å². The van der Waals surface area contributed by atoms with Gasteiger partial charge in [0, 0.05) is 6.42 Å². The van der Waals surface area contributed by atoms with Gasteiger partial charge in [-0.3, -0.25) is 28.8 Å². The smallest absolute Gasteiger partial charge is 0.326 e. The summed E-state index contributed by atoms with van der Waals surface area (Å²) >= 11 is 0. The van der Waals surface area contributed by atoms with Gasteiger partial charge in [0.05, 0.1) is 25.3 Å². The third kappa shape index (κ3) is 10.6. The topological polar surface area (TPSA) is 280 Å². The van der Waals surface area contributed by atoms with Crippen LogP contribution in [0.25, 0.3) is 0 Å². The number of amides is 6. The molecule has 4 unspecified atom stereocenters. The summed E-state index contributed by atoms with van der Waals surface area (Å²) in [4.78, 5) is 83.2. The van der Waals surface area contributed by atoms with E-state index in [2.05, 4.69) is 16.0 Å². The van der Waals surface area contributed by atoms with Crippen LogP contribution in [0.5, 0.6) is 0 Å². The predicted octanol–water partition coefficient (Wildman–Crippen LogP) is -4.28. The first kappa shape index (κ1) is 29.5. The maximum atomic E-state index is 12.8. The molecule has 0 aliphatic carbocycles. The van der Waals surface area contributed by atoms with Gasteiger partial charge in [-0.25, -0.2) is 4.79 Å². The molecule has 1 aromatic carbocycles. The van der Waals surface area contributed by atoms with E-state index >= 15 is 0 Å². The fourth-order valence-corrected chi connectivity index (χ4v) is 3.00. The van der Waals surface area contributed by atoms with E-state index in [-0.39, 0.29) is 6.42 Å². The Kier molecular flexibility index (Phi) is 11.5. The molecule has 15 nitrogen and oxygen atoms in total. The van der Waals surface area contributed by atoms with Crippen molar-refractivity contribution in [1.82, 2.24) is 16.0 Å². The van der Waals surface area contributed by atoms with Gasteiger partial charge in [0.15, 0.2) is 0 Å². The highest BCUT2D eigenvalue weighted by molar-refractivity contribution is 5.98. The standard InChI is InChI=1S/C21H29N7O8/c22-11(7-15(23)29)18(32)26-12(8-16(24)30)19(33)27-13(9-17(25)31)20(34)28-14(21(35)36)6-10-4-2-1-3-5-10/h1-5,11-14H,6-9,22H2,(H2,23,29)(H2,24,30)(H2,25,31)(H,26,32)(H,27,33)(H,28,34)(H,35,36). The average molecular weight is 508 g/mol. The number of hydrogen-bond acceptors (Lipinski definition) is 8. The van der Waals surface area contributed by atoms with Crippen LogP contribution in [-0.4, -0.2) is 70.7 Å². The number of carboxylic acid groups (broad SMARTS) is 1. The Balaban J connectivity index is 3.02. The van der Waals surface area contributed by atoms with E-state index in [4.69, 9.17) is 22.9 Å². The fraction of sp³-hybridized carbons (Fsp3) is 0.381. The van der Waals surface area contributed by atoms with E-state index in [1.54, 1.807) is 30.3 Å². The first-order valence-corrected chi connectivity index (χ1v) is 10.6. The summed E-state index contributed by atoms with van der Waals surface area (Å²) in [7, 11) is 0. The molecule has 0 spiro atoms. The molecule has 0 radical (unpaired) electrons. The minimum absolute atomic E-state index is 0.0999. The second-order valence-electron chi connectivity index (χ2n) is 7.83. The van der Waals surface area contributed by atoms with E-state index in [1.807, 2.05) is 0 Å². The van der Waals surface area contributed by atoms with Crippen LogP contribution >= 0.6 is 0 Å². The molecule has 15 heteroatoms. The molecule has 1 rings (SSSR count). The number of carbonyl (C=O) groups is 7. The van der Waals surface area contributed by atoms with Gasteiger partial charge in [-0.05, 0) is 5.56 Å². The third-order valence-corrected chi connectivity index (χ3v) is 4.73. The molecule has 0 saturated heterocycles. The minimum atomic E-state index is -1.65. The summed E-state index contributed by atoms with van der Waals surface area (Å²) in [6.45, 7) is 0. The quantitative estimate of drug-likeness (QED) is 0.114. The highest BCUT2D eigenvalue weighted by atomic mass is 16.4. The first-order valence-electron chi connectivity index (χ1n) is 10.6. The minimum Gasteiger partial charge on any atom is -0.480 e. The predicted molar refractivity (Wildman–Crippen MR) is 123 cm³/mol. The summed E-state index contributed by atoms with van der Waals surface area (Å²) in [6.07, 6.45) is -2.11. The monoisotopic (exact) mass is 507 g/mol. The van der Waals surface area contributed by atoms with Crippen molar-refractivity contribution in [2.75, 3.05) is 0 Å². The van der Waals surface area contributed by atoms with Gasteiger partial charge < -0.3 is 44.0 Å². The van der Waals surface area contributed by atoms with Crippen LogP contribution in [0.3, 0.4) is 0 Å². The van der Waals surface area contributed by atoms with Crippen LogP contribution in [0.4, 0.5) is 0 Å². The number of nitrogens with two attached hydrogens (primary N) is 4. The van der Waals surface area contributed by atoms with Crippen molar-refractivity contribution < 1.29 is 38.7 Å². The van der Waals surface area contributed by atoms with Crippen LogP contribution in [0, 0.1) is 0 Å². The van der Waals surface area contributed by atoms with E-state index in [9.17, 15) is 38.7 Å².